The van der Waals surface area contributed by atoms with Crippen molar-refractivity contribution in [3.8, 4) is 0 Å². The number of carbonyl (C=O) groups excluding carboxylic acids is 2. The van der Waals surface area contributed by atoms with Gasteiger partial charge in [-0.25, -0.2) is 0 Å². The Balaban J connectivity index is 1.71. The number of hydrogen-bond donors (Lipinski definition) is 1. The highest BCUT2D eigenvalue weighted by molar-refractivity contribution is 6.02. The van der Waals surface area contributed by atoms with E-state index in [1.54, 1.807) is 0 Å². The van der Waals surface area contributed by atoms with Crippen LogP contribution in [0, 0.1) is 0 Å². The van der Waals surface area contributed by atoms with Crippen LogP contribution in [-0.4, -0.2) is 42.4 Å². The number of amides is 2. The molecule has 1 aromatic carbocycles. The van der Waals surface area contributed by atoms with E-state index in [2.05, 4.69) is 0 Å². The Kier molecular flexibility index (Phi) is 3.01. The zero-order chi connectivity index (χ0) is 14.3. The number of anilines is 1. The van der Waals surface area contributed by atoms with E-state index in [1.165, 1.54) is 17.5 Å². The number of imide groups is 1. The molecule has 1 saturated carbocycles. The molecule has 106 valence electrons. The maximum absolute atomic E-state index is 11.7. The summed E-state index contributed by atoms with van der Waals surface area (Å²) in [6.07, 6.45) is 3.08. The molecule has 2 fully saturated rings. The summed E-state index contributed by atoms with van der Waals surface area (Å²) in [4.78, 5) is 26.4. The van der Waals surface area contributed by atoms with Crippen LogP contribution in [0.5, 0.6) is 0 Å². The van der Waals surface area contributed by atoms with Crippen LogP contribution in [0.25, 0.3) is 0 Å². The molecule has 1 aliphatic heterocycles. The molecule has 2 aliphatic rings. The van der Waals surface area contributed by atoms with Crippen molar-refractivity contribution in [1.29, 1.82) is 0 Å². The lowest BCUT2D eigenvalue weighted by atomic mass is 10.0. The average Bonchev–Trinajstić information content (AvgIpc) is 3.14. The SMILES string of the molecule is CN1C(=O)CN(c2ccc(CC3(N)CC3)cc2)CC1=O. The summed E-state index contributed by atoms with van der Waals surface area (Å²) in [7, 11) is 1.53. The Bertz CT molecular complexity index is 531. The van der Waals surface area contributed by atoms with E-state index in [-0.39, 0.29) is 30.4 Å². The quantitative estimate of drug-likeness (QED) is 0.816. The second kappa shape index (κ2) is 4.59. The summed E-state index contributed by atoms with van der Waals surface area (Å²) < 4.78 is 0. The third kappa shape index (κ3) is 2.54. The van der Waals surface area contributed by atoms with Gasteiger partial charge in [-0.3, -0.25) is 14.5 Å². The molecule has 0 atom stereocenters. The molecular formula is C15H19N3O2. The number of hydrogen-bond acceptors (Lipinski definition) is 4. The number of nitrogens with two attached hydrogens (primary N) is 1. The third-order valence-corrected chi connectivity index (χ3v) is 4.15. The van der Waals surface area contributed by atoms with E-state index in [0.29, 0.717) is 0 Å². The molecule has 5 nitrogen and oxygen atoms in total. The van der Waals surface area contributed by atoms with Gasteiger partial charge in [0.25, 0.3) is 0 Å². The van der Waals surface area contributed by atoms with Crippen LogP contribution in [0.3, 0.4) is 0 Å². The van der Waals surface area contributed by atoms with E-state index in [9.17, 15) is 9.59 Å². The Morgan fingerprint density at radius 1 is 1.10 bits per heavy atom. The van der Waals surface area contributed by atoms with Crippen LogP contribution in [0.1, 0.15) is 18.4 Å². The number of benzene rings is 1. The lowest BCUT2D eigenvalue weighted by Gasteiger charge is -2.32. The predicted molar refractivity (Wildman–Crippen MR) is 76.3 cm³/mol. The minimum Gasteiger partial charge on any atom is -0.353 e. The zero-order valence-corrected chi connectivity index (χ0v) is 11.6. The fourth-order valence-corrected chi connectivity index (χ4v) is 2.48. The predicted octanol–water partition coefficient (Wildman–Crippen LogP) is 0.525. The summed E-state index contributed by atoms with van der Waals surface area (Å²) in [5, 5.41) is 0. The lowest BCUT2D eigenvalue weighted by Crippen LogP contribution is -2.52. The van der Waals surface area contributed by atoms with Gasteiger partial charge in [0.15, 0.2) is 0 Å². The molecule has 2 amide bonds. The monoisotopic (exact) mass is 273 g/mol. The van der Waals surface area contributed by atoms with Crippen LogP contribution >= 0.6 is 0 Å². The number of likely N-dealkylation sites (N-methyl/N-ethyl adjacent to an activating group) is 1. The molecule has 1 aliphatic carbocycles. The van der Waals surface area contributed by atoms with Crippen LogP contribution in [0.15, 0.2) is 24.3 Å². The molecular weight excluding hydrogens is 254 g/mol. The summed E-state index contributed by atoms with van der Waals surface area (Å²) >= 11 is 0. The van der Waals surface area contributed by atoms with Crippen molar-refractivity contribution in [3.63, 3.8) is 0 Å². The number of rotatable bonds is 3. The van der Waals surface area contributed by atoms with E-state index >= 15 is 0 Å². The van der Waals surface area contributed by atoms with Gasteiger partial charge in [-0.15, -0.1) is 0 Å². The van der Waals surface area contributed by atoms with Crippen molar-refractivity contribution in [2.45, 2.75) is 24.8 Å². The minimum atomic E-state index is -0.163. The Morgan fingerprint density at radius 2 is 1.65 bits per heavy atom. The second-order valence-electron chi connectivity index (χ2n) is 5.91. The highest BCUT2D eigenvalue weighted by Crippen LogP contribution is 2.35. The van der Waals surface area contributed by atoms with Gasteiger partial charge < -0.3 is 10.6 Å². The highest BCUT2D eigenvalue weighted by Gasteiger charge is 2.37. The second-order valence-corrected chi connectivity index (χ2v) is 5.91. The van der Waals surface area contributed by atoms with Crippen molar-refractivity contribution in [1.82, 2.24) is 4.90 Å². The first-order valence-corrected chi connectivity index (χ1v) is 6.89. The van der Waals surface area contributed by atoms with Crippen molar-refractivity contribution >= 4 is 17.5 Å². The molecule has 0 bridgehead atoms. The first kappa shape index (κ1) is 13.1. The molecule has 0 aromatic heterocycles. The average molecular weight is 273 g/mol. The summed E-state index contributed by atoms with van der Waals surface area (Å²) in [6, 6.07) is 8.00. The van der Waals surface area contributed by atoms with Gasteiger partial charge in [0, 0.05) is 18.3 Å². The van der Waals surface area contributed by atoms with E-state index in [4.69, 9.17) is 5.73 Å². The molecule has 3 rings (SSSR count). The Hall–Kier alpha value is -1.88. The van der Waals surface area contributed by atoms with Crippen molar-refractivity contribution in [2.24, 2.45) is 5.73 Å². The maximum atomic E-state index is 11.7. The molecule has 2 N–H and O–H groups in total. The molecule has 20 heavy (non-hydrogen) atoms. The van der Waals surface area contributed by atoms with Gasteiger partial charge in [0.05, 0.1) is 13.1 Å². The normalized spacial score (nSPS) is 21.3. The fourth-order valence-electron chi connectivity index (χ4n) is 2.48. The molecule has 0 unspecified atom stereocenters. The van der Waals surface area contributed by atoms with Gasteiger partial charge in [-0.05, 0) is 37.0 Å². The molecule has 0 radical (unpaired) electrons. The van der Waals surface area contributed by atoms with Gasteiger partial charge in [0.2, 0.25) is 11.8 Å². The molecule has 1 aromatic rings. The summed E-state index contributed by atoms with van der Waals surface area (Å²) in [5.41, 5.74) is 8.22. The first-order valence-electron chi connectivity index (χ1n) is 6.89. The molecule has 1 saturated heterocycles. The minimum absolute atomic E-state index is 0.00127. The fraction of sp³-hybridized carbons (Fsp3) is 0.467. The van der Waals surface area contributed by atoms with Crippen LogP contribution in [-0.2, 0) is 16.0 Å². The van der Waals surface area contributed by atoms with E-state index < -0.39 is 0 Å². The largest absolute Gasteiger partial charge is 0.353 e. The molecule has 1 heterocycles. The summed E-state index contributed by atoms with van der Waals surface area (Å²) in [5.74, 6) is -0.326. The number of carbonyl (C=O) groups is 2. The van der Waals surface area contributed by atoms with Crippen molar-refractivity contribution < 1.29 is 9.59 Å². The topological polar surface area (TPSA) is 66.6 Å². The standard InChI is InChI=1S/C15H19N3O2/c1-17-13(19)9-18(10-14(17)20)12-4-2-11(3-5-12)8-15(16)6-7-15/h2-5H,6-10,16H2,1H3. The first-order chi connectivity index (χ1) is 9.47. The van der Waals surface area contributed by atoms with Gasteiger partial charge >= 0.3 is 0 Å². The molecule has 0 spiro atoms. The smallest absolute Gasteiger partial charge is 0.248 e. The van der Waals surface area contributed by atoms with Gasteiger partial charge in [0.1, 0.15) is 0 Å². The molecule has 5 heteroatoms. The highest BCUT2D eigenvalue weighted by atomic mass is 16.2. The van der Waals surface area contributed by atoms with Crippen LogP contribution < -0.4 is 10.6 Å². The number of nitrogens with zero attached hydrogens (tertiary/aromatic N) is 2. The van der Waals surface area contributed by atoms with Crippen molar-refractivity contribution in [2.75, 3.05) is 25.0 Å². The van der Waals surface area contributed by atoms with Gasteiger partial charge in [-0.2, -0.15) is 0 Å². The Morgan fingerprint density at radius 3 is 2.15 bits per heavy atom. The van der Waals surface area contributed by atoms with Crippen LogP contribution in [0.4, 0.5) is 5.69 Å². The number of piperazine rings is 1. The third-order valence-electron chi connectivity index (χ3n) is 4.15. The van der Waals surface area contributed by atoms with Gasteiger partial charge in [-0.1, -0.05) is 12.1 Å². The van der Waals surface area contributed by atoms with E-state index in [1.807, 2.05) is 29.2 Å². The summed E-state index contributed by atoms with van der Waals surface area (Å²) in [6.45, 7) is 0.505. The van der Waals surface area contributed by atoms with Crippen molar-refractivity contribution in [3.05, 3.63) is 29.8 Å². The zero-order valence-electron chi connectivity index (χ0n) is 11.6. The van der Waals surface area contributed by atoms with Crippen LogP contribution in [0.2, 0.25) is 0 Å². The Labute approximate surface area is 118 Å². The maximum Gasteiger partial charge on any atom is 0.248 e. The lowest BCUT2D eigenvalue weighted by molar-refractivity contribution is -0.143. The van der Waals surface area contributed by atoms with E-state index in [0.717, 1.165) is 24.9 Å².